The van der Waals surface area contributed by atoms with E-state index in [9.17, 15) is 0 Å². The topological polar surface area (TPSA) is 24.5 Å². The van der Waals surface area contributed by atoms with Crippen LogP contribution in [0, 0.1) is 0 Å². The molecule has 78 valence electrons. The average molecular weight is 186 g/mol. The van der Waals surface area contributed by atoms with E-state index in [0.717, 1.165) is 26.2 Å². The zero-order valence-corrected chi connectivity index (χ0v) is 9.10. The lowest BCUT2D eigenvalue weighted by Crippen LogP contribution is -2.46. The standard InChI is InChI=1S/C10H22N2O/c1-10(2)9-12(7-8-13-3)6-4-5-11-10/h11H,4-9H2,1-3H3. The van der Waals surface area contributed by atoms with Gasteiger partial charge in [-0.1, -0.05) is 0 Å². The number of rotatable bonds is 3. The Morgan fingerprint density at radius 3 is 2.92 bits per heavy atom. The van der Waals surface area contributed by atoms with Crippen LogP contribution in [-0.2, 0) is 4.74 Å². The molecular weight excluding hydrogens is 164 g/mol. The van der Waals surface area contributed by atoms with Crippen molar-refractivity contribution in [1.29, 1.82) is 0 Å². The number of ether oxygens (including phenoxy) is 1. The maximum absolute atomic E-state index is 5.09. The van der Waals surface area contributed by atoms with Crippen LogP contribution >= 0.6 is 0 Å². The molecule has 0 unspecified atom stereocenters. The van der Waals surface area contributed by atoms with Crippen LogP contribution in [0.2, 0.25) is 0 Å². The highest BCUT2D eigenvalue weighted by Gasteiger charge is 2.23. The van der Waals surface area contributed by atoms with Crippen molar-refractivity contribution in [3.05, 3.63) is 0 Å². The summed E-state index contributed by atoms with van der Waals surface area (Å²) in [6.07, 6.45) is 1.24. The van der Waals surface area contributed by atoms with E-state index in [4.69, 9.17) is 4.74 Å². The van der Waals surface area contributed by atoms with Gasteiger partial charge in [0.05, 0.1) is 6.61 Å². The van der Waals surface area contributed by atoms with Gasteiger partial charge >= 0.3 is 0 Å². The van der Waals surface area contributed by atoms with E-state index in [1.54, 1.807) is 7.11 Å². The van der Waals surface area contributed by atoms with Gasteiger partial charge in [0.15, 0.2) is 0 Å². The molecule has 3 nitrogen and oxygen atoms in total. The first kappa shape index (κ1) is 11.0. The average Bonchev–Trinajstić information content (AvgIpc) is 2.22. The summed E-state index contributed by atoms with van der Waals surface area (Å²) in [6.45, 7) is 9.88. The van der Waals surface area contributed by atoms with Crippen LogP contribution in [0.1, 0.15) is 20.3 Å². The van der Waals surface area contributed by atoms with Crippen LogP contribution < -0.4 is 5.32 Å². The predicted octanol–water partition coefficient (Wildman–Crippen LogP) is 0.707. The van der Waals surface area contributed by atoms with Gasteiger partial charge in [0.25, 0.3) is 0 Å². The Morgan fingerprint density at radius 1 is 1.46 bits per heavy atom. The molecule has 0 atom stereocenters. The second-order valence-electron chi connectivity index (χ2n) is 4.43. The smallest absolute Gasteiger partial charge is 0.0589 e. The first-order valence-corrected chi connectivity index (χ1v) is 5.10. The van der Waals surface area contributed by atoms with E-state index < -0.39 is 0 Å². The first-order chi connectivity index (χ1) is 6.14. The fraction of sp³-hybridized carbons (Fsp3) is 1.00. The Bertz CT molecular complexity index is 148. The highest BCUT2D eigenvalue weighted by Crippen LogP contribution is 2.09. The Morgan fingerprint density at radius 2 is 2.23 bits per heavy atom. The third-order valence-corrected chi connectivity index (χ3v) is 2.49. The lowest BCUT2D eigenvalue weighted by Gasteiger charge is -2.29. The van der Waals surface area contributed by atoms with Crippen LogP contribution in [0.3, 0.4) is 0 Å². The van der Waals surface area contributed by atoms with Crippen LogP contribution in [-0.4, -0.2) is 50.3 Å². The van der Waals surface area contributed by atoms with Gasteiger partial charge in [0.1, 0.15) is 0 Å². The molecule has 1 rings (SSSR count). The largest absolute Gasteiger partial charge is 0.383 e. The molecule has 1 saturated heterocycles. The fourth-order valence-electron chi connectivity index (χ4n) is 1.83. The van der Waals surface area contributed by atoms with E-state index in [0.29, 0.717) is 0 Å². The van der Waals surface area contributed by atoms with E-state index in [2.05, 4.69) is 24.1 Å². The van der Waals surface area contributed by atoms with E-state index in [-0.39, 0.29) is 5.54 Å². The van der Waals surface area contributed by atoms with E-state index in [1.165, 1.54) is 13.0 Å². The quantitative estimate of drug-likeness (QED) is 0.702. The van der Waals surface area contributed by atoms with Crippen molar-refractivity contribution in [2.24, 2.45) is 0 Å². The second-order valence-corrected chi connectivity index (χ2v) is 4.43. The van der Waals surface area contributed by atoms with Crippen LogP contribution in [0.4, 0.5) is 0 Å². The van der Waals surface area contributed by atoms with E-state index >= 15 is 0 Å². The molecule has 0 aromatic carbocycles. The summed E-state index contributed by atoms with van der Waals surface area (Å²) in [5.41, 5.74) is 0.254. The molecule has 0 spiro atoms. The minimum Gasteiger partial charge on any atom is -0.383 e. The zero-order valence-electron chi connectivity index (χ0n) is 9.10. The van der Waals surface area contributed by atoms with Crippen molar-refractivity contribution in [1.82, 2.24) is 10.2 Å². The minimum absolute atomic E-state index is 0.254. The van der Waals surface area contributed by atoms with Gasteiger partial charge < -0.3 is 10.1 Å². The van der Waals surface area contributed by atoms with Gasteiger partial charge in [-0.05, 0) is 33.4 Å². The van der Waals surface area contributed by atoms with Gasteiger partial charge in [-0.3, -0.25) is 4.90 Å². The summed E-state index contributed by atoms with van der Waals surface area (Å²) in [5, 5.41) is 3.54. The van der Waals surface area contributed by atoms with Crippen molar-refractivity contribution in [3.8, 4) is 0 Å². The van der Waals surface area contributed by atoms with Crippen molar-refractivity contribution in [2.75, 3.05) is 39.9 Å². The van der Waals surface area contributed by atoms with Gasteiger partial charge in [-0.2, -0.15) is 0 Å². The molecule has 13 heavy (non-hydrogen) atoms. The molecule has 0 amide bonds. The third kappa shape index (κ3) is 4.07. The van der Waals surface area contributed by atoms with Gasteiger partial charge in [0, 0.05) is 25.7 Å². The Balaban J connectivity index is 2.36. The molecule has 0 saturated carbocycles. The van der Waals surface area contributed by atoms with E-state index in [1.807, 2.05) is 0 Å². The normalized spacial score (nSPS) is 24.2. The lowest BCUT2D eigenvalue weighted by molar-refractivity contribution is 0.138. The van der Waals surface area contributed by atoms with Crippen LogP contribution in [0.25, 0.3) is 0 Å². The molecule has 0 aliphatic carbocycles. The van der Waals surface area contributed by atoms with Crippen molar-refractivity contribution >= 4 is 0 Å². The Hall–Kier alpha value is -0.120. The summed E-state index contributed by atoms with van der Waals surface area (Å²) < 4.78 is 5.09. The number of methoxy groups -OCH3 is 1. The molecule has 1 N–H and O–H groups in total. The number of nitrogens with one attached hydrogen (secondary N) is 1. The lowest BCUT2D eigenvalue weighted by atomic mass is 10.1. The summed E-state index contributed by atoms with van der Waals surface area (Å²) in [5.74, 6) is 0. The van der Waals surface area contributed by atoms with Crippen molar-refractivity contribution in [2.45, 2.75) is 25.8 Å². The maximum atomic E-state index is 5.09. The highest BCUT2D eigenvalue weighted by atomic mass is 16.5. The summed E-state index contributed by atoms with van der Waals surface area (Å²) in [7, 11) is 1.77. The monoisotopic (exact) mass is 186 g/mol. The zero-order chi connectivity index (χ0) is 9.73. The molecule has 1 aliphatic rings. The van der Waals surface area contributed by atoms with Gasteiger partial charge in [-0.25, -0.2) is 0 Å². The molecule has 0 aromatic heterocycles. The molecule has 1 fully saturated rings. The summed E-state index contributed by atoms with van der Waals surface area (Å²) in [6, 6.07) is 0. The summed E-state index contributed by atoms with van der Waals surface area (Å²) >= 11 is 0. The fourth-order valence-corrected chi connectivity index (χ4v) is 1.83. The second kappa shape index (κ2) is 4.94. The molecule has 1 aliphatic heterocycles. The van der Waals surface area contributed by atoms with Gasteiger partial charge in [-0.15, -0.1) is 0 Å². The predicted molar refractivity (Wildman–Crippen MR) is 55.0 cm³/mol. The van der Waals surface area contributed by atoms with Crippen molar-refractivity contribution in [3.63, 3.8) is 0 Å². The molecule has 0 aromatic rings. The molecule has 0 bridgehead atoms. The molecule has 1 heterocycles. The van der Waals surface area contributed by atoms with Crippen molar-refractivity contribution < 1.29 is 4.74 Å². The minimum atomic E-state index is 0.254. The first-order valence-electron chi connectivity index (χ1n) is 5.10. The number of hydrogen-bond acceptors (Lipinski definition) is 3. The van der Waals surface area contributed by atoms with Crippen LogP contribution in [0.5, 0.6) is 0 Å². The van der Waals surface area contributed by atoms with Crippen LogP contribution in [0.15, 0.2) is 0 Å². The van der Waals surface area contributed by atoms with Gasteiger partial charge in [0.2, 0.25) is 0 Å². The molecule has 0 radical (unpaired) electrons. The number of nitrogens with zero attached hydrogens (tertiary/aromatic N) is 1. The SMILES string of the molecule is COCCN1CCCNC(C)(C)C1. The summed E-state index contributed by atoms with van der Waals surface area (Å²) in [4.78, 5) is 2.48. The molecule has 3 heteroatoms. The Kier molecular flexibility index (Phi) is 4.16. The molecular formula is C10H22N2O. The highest BCUT2D eigenvalue weighted by molar-refractivity contribution is 4.84. The number of hydrogen-bond donors (Lipinski definition) is 1. The Labute approximate surface area is 81.4 Å². The maximum Gasteiger partial charge on any atom is 0.0589 e. The third-order valence-electron chi connectivity index (χ3n) is 2.49.